The van der Waals surface area contributed by atoms with Gasteiger partial charge in [-0.1, -0.05) is 17.3 Å². The second kappa shape index (κ2) is 3.88. The number of hydrogen-bond donors (Lipinski definition) is 0. The molecule has 0 N–H and O–H groups in total. The molecule has 4 nitrogen and oxygen atoms in total. The number of aromatic nitrogens is 2. The molecular formula is C10H6FN3O. The third-order valence-corrected chi connectivity index (χ3v) is 1.81. The molecule has 2 rings (SSSR count). The molecule has 0 atom stereocenters. The predicted molar refractivity (Wildman–Crippen MR) is 49.0 cm³/mol. The molecule has 1 heterocycles. The molecule has 0 aliphatic carbocycles. The fraction of sp³-hybridized carbons (Fsp3) is 0.100. The zero-order valence-corrected chi connectivity index (χ0v) is 7.64. The smallest absolute Gasteiger partial charge is 0.241 e. The van der Waals surface area contributed by atoms with E-state index in [4.69, 9.17) is 9.78 Å². The van der Waals surface area contributed by atoms with Gasteiger partial charge in [0.1, 0.15) is 12.2 Å². The molecular weight excluding hydrogens is 197 g/mol. The Kier molecular flexibility index (Phi) is 2.42. The SMILES string of the molecule is N#CCc1nc(-c2ccccc2F)no1. The van der Waals surface area contributed by atoms with Crippen LogP contribution in [0.2, 0.25) is 0 Å². The Balaban J connectivity index is 2.38. The van der Waals surface area contributed by atoms with Crippen molar-refractivity contribution in [2.45, 2.75) is 6.42 Å². The number of rotatable bonds is 2. The van der Waals surface area contributed by atoms with Crippen molar-refractivity contribution >= 4 is 0 Å². The van der Waals surface area contributed by atoms with E-state index in [2.05, 4.69) is 10.1 Å². The summed E-state index contributed by atoms with van der Waals surface area (Å²) in [5.41, 5.74) is 0.269. The van der Waals surface area contributed by atoms with E-state index >= 15 is 0 Å². The summed E-state index contributed by atoms with van der Waals surface area (Å²) in [6, 6.07) is 8.00. The summed E-state index contributed by atoms with van der Waals surface area (Å²) in [5.74, 6) is -0.0593. The van der Waals surface area contributed by atoms with Gasteiger partial charge in [-0.25, -0.2) is 4.39 Å². The quantitative estimate of drug-likeness (QED) is 0.748. The second-order valence-corrected chi connectivity index (χ2v) is 2.83. The van der Waals surface area contributed by atoms with Gasteiger partial charge in [-0.15, -0.1) is 0 Å². The van der Waals surface area contributed by atoms with Crippen molar-refractivity contribution in [2.75, 3.05) is 0 Å². The molecule has 1 aromatic heterocycles. The third kappa shape index (κ3) is 1.83. The molecule has 0 amide bonds. The van der Waals surface area contributed by atoms with Gasteiger partial charge in [0.25, 0.3) is 0 Å². The Morgan fingerprint density at radius 1 is 1.40 bits per heavy atom. The Hall–Kier alpha value is -2.22. The zero-order chi connectivity index (χ0) is 10.7. The molecule has 74 valence electrons. The lowest BCUT2D eigenvalue weighted by Gasteiger charge is -1.94. The standard InChI is InChI=1S/C10H6FN3O/c11-8-4-2-1-3-7(8)10-13-9(5-6-12)15-14-10/h1-4H,5H2. The van der Waals surface area contributed by atoms with Crippen LogP contribution >= 0.6 is 0 Å². The fourth-order valence-corrected chi connectivity index (χ4v) is 1.15. The lowest BCUT2D eigenvalue weighted by molar-refractivity contribution is 0.387. The molecule has 15 heavy (non-hydrogen) atoms. The van der Waals surface area contributed by atoms with Crippen molar-refractivity contribution in [1.29, 1.82) is 5.26 Å². The lowest BCUT2D eigenvalue weighted by Crippen LogP contribution is -1.86. The van der Waals surface area contributed by atoms with Gasteiger partial charge in [0.15, 0.2) is 0 Å². The summed E-state index contributed by atoms with van der Waals surface area (Å²) in [5, 5.41) is 12.0. The maximum atomic E-state index is 13.3. The summed E-state index contributed by atoms with van der Waals surface area (Å²) in [6.45, 7) is 0. The first-order valence-electron chi connectivity index (χ1n) is 4.25. The van der Waals surface area contributed by atoms with Crippen molar-refractivity contribution in [2.24, 2.45) is 0 Å². The van der Waals surface area contributed by atoms with Crippen LogP contribution in [-0.4, -0.2) is 10.1 Å². The molecule has 0 radical (unpaired) electrons. The minimum Gasteiger partial charge on any atom is -0.338 e. The van der Waals surface area contributed by atoms with E-state index < -0.39 is 5.82 Å². The fourth-order valence-electron chi connectivity index (χ4n) is 1.15. The number of halogens is 1. The maximum Gasteiger partial charge on any atom is 0.241 e. The number of nitriles is 1. The summed E-state index contributed by atoms with van der Waals surface area (Å²) >= 11 is 0. The van der Waals surface area contributed by atoms with E-state index in [1.54, 1.807) is 18.2 Å². The summed E-state index contributed by atoms with van der Waals surface area (Å²) in [6.07, 6.45) is 0.0292. The van der Waals surface area contributed by atoms with Crippen molar-refractivity contribution < 1.29 is 8.91 Å². The monoisotopic (exact) mass is 203 g/mol. The van der Waals surface area contributed by atoms with Crippen molar-refractivity contribution in [1.82, 2.24) is 10.1 Å². The van der Waals surface area contributed by atoms with E-state index in [-0.39, 0.29) is 23.7 Å². The van der Waals surface area contributed by atoms with Crippen LogP contribution in [0.15, 0.2) is 28.8 Å². The third-order valence-electron chi connectivity index (χ3n) is 1.81. The van der Waals surface area contributed by atoms with Crippen LogP contribution < -0.4 is 0 Å². The van der Waals surface area contributed by atoms with Crippen molar-refractivity contribution in [3.8, 4) is 17.5 Å². The molecule has 2 aromatic rings. The molecule has 0 saturated carbocycles. The highest BCUT2D eigenvalue weighted by molar-refractivity contribution is 5.54. The van der Waals surface area contributed by atoms with E-state index in [1.165, 1.54) is 6.07 Å². The molecule has 0 spiro atoms. The summed E-state index contributed by atoms with van der Waals surface area (Å²) < 4.78 is 18.0. The van der Waals surface area contributed by atoms with E-state index in [0.717, 1.165) is 0 Å². The summed E-state index contributed by atoms with van der Waals surface area (Å²) in [4.78, 5) is 3.89. The molecule has 0 saturated heterocycles. The molecule has 0 bridgehead atoms. The zero-order valence-electron chi connectivity index (χ0n) is 7.64. The average molecular weight is 203 g/mol. The molecule has 0 aliphatic heterocycles. The second-order valence-electron chi connectivity index (χ2n) is 2.83. The summed E-state index contributed by atoms with van der Waals surface area (Å²) in [7, 11) is 0. The van der Waals surface area contributed by atoms with Gasteiger partial charge in [-0.2, -0.15) is 10.2 Å². The highest BCUT2D eigenvalue weighted by Crippen LogP contribution is 2.18. The Bertz CT molecular complexity index is 515. The van der Waals surface area contributed by atoms with Crippen LogP contribution in [0.4, 0.5) is 4.39 Å². The lowest BCUT2D eigenvalue weighted by atomic mass is 10.2. The molecule has 0 aliphatic rings. The van der Waals surface area contributed by atoms with Gasteiger partial charge in [0, 0.05) is 0 Å². The predicted octanol–water partition coefficient (Wildman–Crippen LogP) is 1.94. The van der Waals surface area contributed by atoms with Crippen molar-refractivity contribution in [3.05, 3.63) is 36.0 Å². The highest BCUT2D eigenvalue weighted by atomic mass is 19.1. The number of hydrogen-bond acceptors (Lipinski definition) is 4. The molecule has 0 unspecified atom stereocenters. The van der Waals surface area contributed by atoms with Gasteiger partial charge in [-0.05, 0) is 12.1 Å². The van der Waals surface area contributed by atoms with Crippen LogP contribution in [0.3, 0.4) is 0 Å². The van der Waals surface area contributed by atoms with Crippen LogP contribution in [-0.2, 0) is 6.42 Å². The normalized spacial score (nSPS) is 9.87. The number of benzene rings is 1. The van der Waals surface area contributed by atoms with E-state index in [1.807, 2.05) is 6.07 Å². The largest absolute Gasteiger partial charge is 0.338 e. The van der Waals surface area contributed by atoms with Crippen LogP contribution in [0.1, 0.15) is 5.89 Å². The maximum absolute atomic E-state index is 13.3. The van der Waals surface area contributed by atoms with Gasteiger partial charge in [0.05, 0.1) is 11.6 Å². The van der Waals surface area contributed by atoms with E-state index in [0.29, 0.717) is 0 Å². The van der Waals surface area contributed by atoms with Gasteiger partial charge < -0.3 is 4.52 Å². The van der Waals surface area contributed by atoms with Gasteiger partial charge in [-0.3, -0.25) is 0 Å². The number of nitrogens with zero attached hydrogens (tertiary/aromatic N) is 3. The van der Waals surface area contributed by atoms with Crippen LogP contribution in [0, 0.1) is 17.1 Å². The minimum atomic E-state index is -0.415. The average Bonchev–Trinajstić information content (AvgIpc) is 2.68. The Morgan fingerprint density at radius 2 is 2.20 bits per heavy atom. The van der Waals surface area contributed by atoms with Crippen molar-refractivity contribution in [3.63, 3.8) is 0 Å². The molecule has 1 aromatic carbocycles. The van der Waals surface area contributed by atoms with Gasteiger partial charge >= 0.3 is 0 Å². The Morgan fingerprint density at radius 3 is 2.93 bits per heavy atom. The van der Waals surface area contributed by atoms with E-state index in [9.17, 15) is 4.39 Å². The first-order valence-corrected chi connectivity index (χ1v) is 4.25. The molecule has 0 fully saturated rings. The van der Waals surface area contributed by atoms with Crippen LogP contribution in [0.5, 0.6) is 0 Å². The molecule has 5 heteroatoms. The topological polar surface area (TPSA) is 62.7 Å². The van der Waals surface area contributed by atoms with Gasteiger partial charge in [0.2, 0.25) is 11.7 Å². The Labute approximate surface area is 85.0 Å². The highest BCUT2D eigenvalue weighted by Gasteiger charge is 2.11. The first-order chi connectivity index (χ1) is 7.31. The first kappa shape index (κ1) is 9.34. The van der Waals surface area contributed by atoms with Crippen LogP contribution in [0.25, 0.3) is 11.4 Å². The minimum absolute atomic E-state index is 0.0292.